The molecule has 0 aromatic heterocycles. The first kappa shape index (κ1) is 15.8. The molecule has 0 spiro atoms. The molecule has 0 aliphatic rings. The summed E-state index contributed by atoms with van der Waals surface area (Å²) >= 11 is 16.2. The van der Waals surface area contributed by atoms with Crippen LogP contribution in [0, 0.1) is 0 Å². The van der Waals surface area contributed by atoms with Gasteiger partial charge in [-0.2, -0.15) is 0 Å². The lowest BCUT2D eigenvalue weighted by Crippen LogP contribution is -2.23. The van der Waals surface area contributed by atoms with E-state index >= 15 is 0 Å². The highest BCUT2D eigenvalue weighted by molar-refractivity contribution is 9.10. The van der Waals surface area contributed by atoms with Gasteiger partial charge in [0.15, 0.2) is 0 Å². The van der Waals surface area contributed by atoms with Crippen molar-refractivity contribution in [1.82, 2.24) is 5.32 Å². The van der Waals surface area contributed by atoms with Gasteiger partial charge >= 0.3 is 0 Å². The molecule has 0 saturated heterocycles. The Bertz CT molecular complexity index is 566. The molecule has 20 heavy (non-hydrogen) atoms. The van der Waals surface area contributed by atoms with Crippen molar-refractivity contribution >= 4 is 39.1 Å². The van der Waals surface area contributed by atoms with Gasteiger partial charge < -0.3 is 5.32 Å². The minimum atomic E-state index is 0.107. The van der Waals surface area contributed by atoms with Crippen LogP contribution < -0.4 is 5.32 Å². The smallest absolute Gasteiger partial charge is 0.0468 e. The molecule has 106 valence electrons. The highest BCUT2D eigenvalue weighted by Crippen LogP contribution is 2.32. The number of rotatable bonds is 5. The van der Waals surface area contributed by atoms with Crippen molar-refractivity contribution in [3.8, 4) is 0 Å². The SMILES string of the molecule is CCNC(Cc1cccc(Br)c1)c1c(Cl)cccc1Cl. The van der Waals surface area contributed by atoms with E-state index in [1.54, 1.807) is 0 Å². The molecule has 1 unspecified atom stereocenters. The third-order valence-electron chi connectivity index (χ3n) is 3.13. The minimum Gasteiger partial charge on any atom is -0.310 e. The molecule has 1 N–H and O–H groups in total. The summed E-state index contributed by atoms with van der Waals surface area (Å²) in [5.74, 6) is 0. The highest BCUT2D eigenvalue weighted by atomic mass is 79.9. The van der Waals surface area contributed by atoms with Crippen molar-refractivity contribution in [3.05, 3.63) is 68.1 Å². The number of benzene rings is 2. The van der Waals surface area contributed by atoms with Crippen LogP contribution in [0.4, 0.5) is 0 Å². The Morgan fingerprint density at radius 2 is 1.75 bits per heavy atom. The van der Waals surface area contributed by atoms with Crippen LogP contribution in [0.2, 0.25) is 10.0 Å². The van der Waals surface area contributed by atoms with Gasteiger partial charge in [-0.15, -0.1) is 0 Å². The van der Waals surface area contributed by atoms with Crippen molar-refractivity contribution in [1.29, 1.82) is 0 Å². The van der Waals surface area contributed by atoms with Gasteiger partial charge in [0.05, 0.1) is 0 Å². The van der Waals surface area contributed by atoms with Gasteiger partial charge in [-0.25, -0.2) is 0 Å². The van der Waals surface area contributed by atoms with Gasteiger partial charge in [-0.3, -0.25) is 0 Å². The van der Waals surface area contributed by atoms with Crippen LogP contribution in [-0.2, 0) is 6.42 Å². The first-order valence-corrected chi connectivity index (χ1v) is 8.08. The molecule has 1 nitrogen and oxygen atoms in total. The standard InChI is InChI=1S/C16H16BrCl2N/c1-2-20-15(10-11-5-3-6-12(17)9-11)16-13(18)7-4-8-14(16)19/h3-9,15,20H,2,10H2,1H3. The van der Waals surface area contributed by atoms with Crippen molar-refractivity contribution in [2.24, 2.45) is 0 Å². The van der Waals surface area contributed by atoms with Gasteiger partial charge in [0, 0.05) is 26.1 Å². The zero-order chi connectivity index (χ0) is 14.5. The predicted molar refractivity (Wildman–Crippen MR) is 90.7 cm³/mol. The summed E-state index contributed by atoms with van der Waals surface area (Å²) in [6.07, 6.45) is 0.844. The number of halogens is 3. The fraction of sp³-hybridized carbons (Fsp3) is 0.250. The quantitative estimate of drug-likeness (QED) is 0.714. The zero-order valence-electron chi connectivity index (χ0n) is 11.2. The lowest BCUT2D eigenvalue weighted by molar-refractivity contribution is 0.550. The van der Waals surface area contributed by atoms with E-state index < -0.39 is 0 Å². The lowest BCUT2D eigenvalue weighted by atomic mass is 9.98. The zero-order valence-corrected chi connectivity index (χ0v) is 14.3. The van der Waals surface area contributed by atoms with Crippen LogP contribution in [0.3, 0.4) is 0 Å². The van der Waals surface area contributed by atoms with Gasteiger partial charge in [0.25, 0.3) is 0 Å². The molecule has 0 bridgehead atoms. The Kier molecular flexibility index (Phi) is 5.91. The molecule has 2 rings (SSSR count). The Labute approximate surface area is 138 Å². The predicted octanol–water partition coefficient (Wildman–Crippen LogP) is 5.65. The average Bonchev–Trinajstić information content (AvgIpc) is 2.38. The fourth-order valence-electron chi connectivity index (χ4n) is 2.27. The van der Waals surface area contributed by atoms with E-state index in [-0.39, 0.29) is 6.04 Å². The second-order valence-electron chi connectivity index (χ2n) is 4.58. The summed E-state index contributed by atoms with van der Waals surface area (Å²) in [4.78, 5) is 0. The van der Waals surface area contributed by atoms with Gasteiger partial charge in [0.2, 0.25) is 0 Å². The Balaban J connectivity index is 2.32. The monoisotopic (exact) mass is 371 g/mol. The van der Waals surface area contributed by atoms with E-state index in [1.807, 2.05) is 30.3 Å². The second kappa shape index (κ2) is 7.46. The third-order valence-corrected chi connectivity index (χ3v) is 4.28. The number of hydrogen-bond donors (Lipinski definition) is 1. The Morgan fingerprint density at radius 1 is 1.10 bits per heavy atom. The summed E-state index contributed by atoms with van der Waals surface area (Å²) in [5.41, 5.74) is 2.21. The van der Waals surface area contributed by atoms with E-state index in [0.717, 1.165) is 23.0 Å². The van der Waals surface area contributed by atoms with Crippen LogP contribution in [-0.4, -0.2) is 6.54 Å². The number of likely N-dealkylation sites (N-methyl/N-ethyl adjacent to an activating group) is 1. The molecule has 2 aromatic carbocycles. The molecule has 0 fully saturated rings. The molecular formula is C16H16BrCl2N. The first-order valence-electron chi connectivity index (χ1n) is 6.53. The third kappa shape index (κ3) is 3.98. The largest absolute Gasteiger partial charge is 0.310 e. The maximum absolute atomic E-state index is 6.32. The fourth-order valence-corrected chi connectivity index (χ4v) is 3.37. The number of nitrogens with one attached hydrogen (secondary N) is 1. The van der Waals surface area contributed by atoms with Crippen LogP contribution in [0.25, 0.3) is 0 Å². The lowest BCUT2D eigenvalue weighted by Gasteiger charge is -2.21. The maximum atomic E-state index is 6.32. The van der Waals surface area contributed by atoms with E-state index in [4.69, 9.17) is 23.2 Å². The summed E-state index contributed by atoms with van der Waals surface area (Å²) in [6, 6.07) is 14.0. The van der Waals surface area contributed by atoms with E-state index in [2.05, 4.69) is 40.3 Å². The summed E-state index contributed by atoms with van der Waals surface area (Å²) in [7, 11) is 0. The average molecular weight is 373 g/mol. The maximum Gasteiger partial charge on any atom is 0.0468 e. The Hall–Kier alpha value is -0.540. The van der Waals surface area contributed by atoms with Crippen LogP contribution in [0.1, 0.15) is 24.1 Å². The molecule has 2 aromatic rings. The molecule has 0 aliphatic carbocycles. The highest BCUT2D eigenvalue weighted by Gasteiger charge is 2.17. The molecule has 0 saturated carbocycles. The summed E-state index contributed by atoms with van der Waals surface area (Å²) < 4.78 is 1.08. The van der Waals surface area contributed by atoms with Gasteiger partial charge in [-0.1, -0.05) is 64.3 Å². The Morgan fingerprint density at radius 3 is 2.35 bits per heavy atom. The molecular weight excluding hydrogens is 357 g/mol. The van der Waals surface area contributed by atoms with E-state index in [0.29, 0.717) is 10.0 Å². The van der Waals surface area contributed by atoms with E-state index in [9.17, 15) is 0 Å². The summed E-state index contributed by atoms with van der Waals surface area (Å²) in [5, 5.41) is 4.88. The molecule has 0 heterocycles. The molecule has 0 amide bonds. The minimum absolute atomic E-state index is 0.107. The summed E-state index contributed by atoms with van der Waals surface area (Å²) in [6.45, 7) is 2.94. The van der Waals surface area contributed by atoms with Crippen LogP contribution in [0.5, 0.6) is 0 Å². The van der Waals surface area contributed by atoms with Crippen molar-refractivity contribution < 1.29 is 0 Å². The van der Waals surface area contributed by atoms with Gasteiger partial charge in [-0.05, 0) is 42.8 Å². The number of hydrogen-bond acceptors (Lipinski definition) is 1. The van der Waals surface area contributed by atoms with Crippen molar-refractivity contribution in [2.45, 2.75) is 19.4 Å². The molecule has 1 atom stereocenters. The van der Waals surface area contributed by atoms with Crippen molar-refractivity contribution in [3.63, 3.8) is 0 Å². The molecule has 0 radical (unpaired) electrons. The normalized spacial score (nSPS) is 12.4. The molecule has 0 aliphatic heterocycles. The second-order valence-corrected chi connectivity index (χ2v) is 6.31. The van der Waals surface area contributed by atoms with E-state index in [1.165, 1.54) is 5.56 Å². The van der Waals surface area contributed by atoms with Crippen molar-refractivity contribution in [2.75, 3.05) is 6.54 Å². The molecule has 4 heteroatoms. The van der Waals surface area contributed by atoms with Crippen LogP contribution in [0.15, 0.2) is 46.9 Å². The topological polar surface area (TPSA) is 12.0 Å². The van der Waals surface area contributed by atoms with Crippen LogP contribution >= 0.6 is 39.1 Å². The van der Waals surface area contributed by atoms with Gasteiger partial charge in [0.1, 0.15) is 0 Å². The first-order chi connectivity index (χ1) is 9.61.